The van der Waals surface area contributed by atoms with E-state index in [2.05, 4.69) is 0 Å². The highest BCUT2D eigenvalue weighted by atomic mass is 19.1. The monoisotopic (exact) mass is 259 g/mol. The molecule has 0 aromatic heterocycles. The molecule has 0 bridgehead atoms. The van der Waals surface area contributed by atoms with Crippen LogP contribution < -0.4 is 10.5 Å². The minimum absolute atomic E-state index is 0.152. The van der Waals surface area contributed by atoms with Gasteiger partial charge in [0.05, 0.1) is 0 Å². The van der Waals surface area contributed by atoms with E-state index in [1.54, 1.807) is 6.07 Å². The SMILES string of the molecule is Cc1ccc(F)cc1CC(N)COc1ccccc1. The molecular formula is C16H18FNO. The number of rotatable bonds is 5. The van der Waals surface area contributed by atoms with Crippen molar-refractivity contribution in [2.24, 2.45) is 5.73 Å². The summed E-state index contributed by atoms with van der Waals surface area (Å²) in [4.78, 5) is 0. The molecule has 2 N–H and O–H groups in total. The molecule has 19 heavy (non-hydrogen) atoms. The van der Waals surface area contributed by atoms with Gasteiger partial charge in [0.2, 0.25) is 0 Å². The minimum atomic E-state index is -0.225. The second-order valence-corrected chi connectivity index (χ2v) is 4.66. The number of para-hydroxylation sites is 1. The van der Waals surface area contributed by atoms with E-state index < -0.39 is 0 Å². The Morgan fingerprint density at radius 2 is 1.89 bits per heavy atom. The summed E-state index contributed by atoms with van der Waals surface area (Å²) in [6.07, 6.45) is 0.608. The first-order valence-electron chi connectivity index (χ1n) is 6.33. The highest BCUT2D eigenvalue weighted by Crippen LogP contribution is 2.13. The van der Waals surface area contributed by atoms with Gasteiger partial charge in [-0.1, -0.05) is 24.3 Å². The first-order chi connectivity index (χ1) is 9.15. The third-order valence-electron chi connectivity index (χ3n) is 3.00. The number of hydrogen-bond acceptors (Lipinski definition) is 2. The van der Waals surface area contributed by atoms with Crippen molar-refractivity contribution in [1.29, 1.82) is 0 Å². The lowest BCUT2D eigenvalue weighted by Crippen LogP contribution is -2.30. The zero-order chi connectivity index (χ0) is 13.7. The summed E-state index contributed by atoms with van der Waals surface area (Å²) < 4.78 is 18.8. The fourth-order valence-electron chi connectivity index (χ4n) is 1.92. The summed E-state index contributed by atoms with van der Waals surface area (Å²) in [5.74, 6) is 0.575. The van der Waals surface area contributed by atoms with Crippen LogP contribution >= 0.6 is 0 Å². The quantitative estimate of drug-likeness (QED) is 0.895. The van der Waals surface area contributed by atoms with Gasteiger partial charge in [-0.3, -0.25) is 0 Å². The zero-order valence-electron chi connectivity index (χ0n) is 11.0. The van der Waals surface area contributed by atoms with Crippen molar-refractivity contribution in [3.05, 3.63) is 65.5 Å². The van der Waals surface area contributed by atoms with Gasteiger partial charge in [0.1, 0.15) is 18.2 Å². The molecule has 1 unspecified atom stereocenters. The van der Waals surface area contributed by atoms with Gasteiger partial charge in [-0.05, 0) is 48.7 Å². The van der Waals surface area contributed by atoms with Crippen molar-refractivity contribution in [3.8, 4) is 5.75 Å². The Balaban J connectivity index is 1.90. The Hall–Kier alpha value is -1.87. The molecule has 3 heteroatoms. The molecule has 100 valence electrons. The number of aryl methyl sites for hydroxylation is 1. The first-order valence-corrected chi connectivity index (χ1v) is 6.33. The van der Waals surface area contributed by atoms with Crippen molar-refractivity contribution >= 4 is 0 Å². The molecule has 1 atom stereocenters. The largest absolute Gasteiger partial charge is 0.492 e. The number of nitrogens with two attached hydrogens (primary N) is 1. The van der Waals surface area contributed by atoms with Crippen LogP contribution in [0.25, 0.3) is 0 Å². The second-order valence-electron chi connectivity index (χ2n) is 4.66. The smallest absolute Gasteiger partial charge is 0.123 e. The molecule has 0 radical (unpaired) electrons. The van der Waals surface area contributed by atoms with E-state index >= 15 is 0 Å². The van der Waals surface area contributed by atoms with Crippen molar-refractivity contribution < 1.29 is 9.13 Å². The van der Waals surface area contributed by atoms with E-state index in [4.69, 9.17) is 10.5 Å². The van der Waals surface area contributed by atoms with E-state index in [1.807, 2.05) is 37.3 Å². The van der Waals surface area contributed by atoms with Crippen LogP contribution in [0.2, 0.25) is 0 Å². The predicted molar refractivity (Wildman–Crippen MR) is 74.8 cm³/mol. The Morgan fingerprint density at radius 3 is 2.63 bits per heavy atom. The van der Waals surface area contributed by atoms with E-state index in [9.17, 15) is 4.39 Å². The zero-order valence-corrected chi connectivity index (χ0v) is 11.0. The summed E-state index contributed by atoms with van der Waals surface area (Å²) in [5, 5.41) is 0. The molecule has 2 rings (SSSR count). The summed E-state index contributed by atoms with van der Waals surface area (Å²) in [7, 11) is 0. The average Bonchev–Trinajstić information content (AvgIpc) is 2.42. The maximum absolute atomic E-state index is 13.2. The molecule has 0 saturated heterocycles. The lowest BCUT2D eigenvalue weighted by molar-refractivity contribution is 0.287. The third-order valence-corrected chi connectivity index (χ3v) is 3.00. The molecule has 2 nitrogen and oxygen atoms in total. The van der Waals surface area contributed by atoms with Crippen LogP contribution in [0.15, 0.2) is 48.5 Å². The molecular weight excluding hydrogens is 241 g/mol. The normalized spacial score (nSPS) is 12.2. The average molecular weight is 259 g/mol. The Bertz CT molecular complexity index is 528. The van der Waals surface area contributed by atoms with Crippen molar-refractivity contribution in [2.75, 3.05) is 6.61 Å². The number of halogens is 1. The van der Waals surface area contributed by atoms with Crippen LogP contribution in [-0.4, -0.2) is 12.6 Å². The van der Waals surface area contributed by atoms with Crippen LogP contribution in [0, 0.1) is 12.7 Å². The van der Waals surface area contributed by atoms with Crippen molar-refractivity contribution in [1.82, 2.24) is 0 Å². The van der Waals surface area contributed by atoms with E-state index in [0.29, 0.717) is 13.0 Å². The summed E-state index contributed by atoms with van der Waals surface area (Å²) in [6.45, 7) is 2.37. The van der Waals surface area contributed by atoms with Crippen LogP contribution in [0.3, 0.4) is 0 Å². The molecule has 0 aliphatic rings. The van der Waals surface area contributed by atoms with Crippen LogP contribution in [-0.2, 0) is 6.42 Å². The van der Waals surface area contributed by atoms with Gasteiger partial charge < -0.3 is 10.5 Å². The maximum Gasteiger partial charge on any atom is 0.123 e. The summed E-state index contributed by atoms with van der Waals surface area (Å²) in [5.41, 5.74) is 8.01. The van der Waals surface area contributed by atoms with Gasteiger partial charge in [-0.2, -0.15) is 0 Å². The highest BCUT2D eigenvalue weighted by molar-refractivity contribution is 5.27. The van der Waals surface area contributed by atoms with E-state index in [-0.39, 0.29) is 11.9 Å². The highest BCUT2D eigenvalue weighted by Gasteiger charge is 2.08. The fourth-order valence-corrected chi connectivity index (χ4v) is 1.92. The summed E-state index contributed by atoms with van der Waals surface area (Å²) >= 11 is 0. The molecule has 2 aromatic carbocycles. The number of ether oxygens (including phenoxy) is 1. The third kappa shape index (κ3) is 4.07. The van der Waals surface area contributed by atoms with Crippen molar-refractivity contribution in [2.45, 2.75) is 19.4 Å². The Labute approximate surface area is 113 Å². The van der Waals surface area contributed by atoms with Gasteiger partial charge >= 0.3 is 0 Å². The molecule has 0 saturated carbocycles. The van der Waals surface area contributed by atoms with Gasteiger partial charge in [0, 0.05) is 6.04 Å². The first kappa shape index (κ1) is 13.6. The molecule has 2 aromatic rings. The van der Waals surface area contributed by atoms with Crippen LogP contribution in [0.4, 0.5) is 4.39 Å². The lowest BCUT2D eigenvalue weighted by atomic mass is 10.0. The molecule has 0 aliphatic carbocycles. The van der Waals surface area contributed by atoms with Gasteiger partial charge in [-0.15, -0.1) is 0 Å². The van der Waals surface area contributed by atoms with Crippen LogP contribution in [0.5, 0.6) is 5.75 Å². The molecule has 0 fully saturated rings. The Morgan fingerprint density at radius 1 is 1.16 bits per heavy atom. The molecule has 0 amide bonds. The van der Waals surface area contributed by atoms with Crippen molar-refractivity contribution in [3.63, 3.8) is 0 Å². The topological polar surface area (TPSA) is 35.2 Å². The van der Waals surface area contributed by atoms with E-state index in [1.165, 1.54) is 12.1 Å². The second kappa shape index (κ2) is 6.34. The predicted octanol–water partition coefficient (Wildman–Crippen LogP) is 3.08. The fraction of sp³-hybridized carbons (Fsp3) is 0.250. The lowest BCUT2D eigenvalue weighted by Gasteiger charge is -2.14. The van der Waals surface area contributed by atoms with Gasteiger partial charge in [0.15, 0.2) is 0 Å². The van der Waals surface area contributed by atoms with Gasteiger partial charge in [0.25, 0.3) is 0 Å². The van der Waals surface area contributed by atoms with E-state index in [0.717, 1.165) is 16.9 Å². The minimum Gasteiger partial charge on any atom is -0.492 e. The molecule has 0 spiro atoms. The van der Waals surface area contributed by atoms with Gasteiger partial charge in [-0.25, -0.2) is 4.39 Å². The standard InChI is InChI=1S/C16H18FNO/c1-12-7-8-14(17)9-13(12)10-15(18)11-19-16-5-3-2-4-6-16/h2-9,15H,10-11,18H2,1H3. The summed E-state index contributed by atoms with van der Waals surface area (Å²) in [6, 6.07) is 14.2. The Kier molecular flexibility index (Phi) is 4.53. The maximum atomic E-state index is 13.2. The number of hydrogen-bond donors (Lipinski definition) is 1. The number of benzene rings is 2. The molecule has 0 aliphatic heterocycles. The molecule has 0 heterocycles. The van der Waals surface area contributed by atoms with Crippen LogP contribution in [0.1, 0.15) is 11.1 Å².